The number of aromatic nitrogens is 4. The van der Waals surface area contributed by atoms with Gasteiger partial charge in [0.2, 0.25) is 5.91 Å². The summed E-state index contributed by atoms with van der Waals surface area (Å²) in [5.74, 6) is 2.70. The number of benzene rings is 1. The topological polar surface area (TPSA) is 85.8 Å². The molecule has 9 heteroatoms. The summed E-state index contributed by atoms with van der Waals surface area (Å²) in [6, 6.07) is 7.37. The largest absolute Gasteiger partial charge is 0.441 e. The fourth-order valence-corrected chi connectivity index (χ4v) is 3.81. The lowest BCUT2D eigenvalue weighted by Crippen LogP contribution is -2.25. The Hall–Kier alpha value is -2.32. The predicted octanol–water partition coefficient (Wildman–Crippen LogP) is 4.65. The maximum atomic E-state index is 12.2. The third-order valence-corrected chi connectivity index (χ3v) is 5.59. The van der Waals surface area contributed by atoms with Crippen LogP contribution in [0.3, 0.4) is 0 Å². The first-order chi connectivity index (χ1) is 15.0. The van der Waals surface area contributed by atoms with Gasteiger partial charge in [0.15, 0.2) is 16.8 Å². The molecule has 0 aliphatic carbocycles. The normalized spacial score (nSPS) is 11.3. The molecular formula is C22H28ClN5O2S. The zero-order valence-corrected chi connectivity index (χ0v) is 19.7. The minimum absolute atomic E-state index is 0.0142. The zero-order valence-electron chi connectivity index (χ0n) is 18.1. The Morgan fingerprint density at radius 1 is 1.23 bits per heavy atom. The smallest absolute Gasteiger partial charge is 0.220 e. The van der Waals surface area contributed by atoms with Crippen LogP contribution in [0.25, 0.3) is 11.3 Å². The number of halogens is 1. The minimum atomic E-state index is -0.0142. The van der Waals surface area contributed by atoms with E-state index in [0.717, 1.165) is 35.9 Å². The average molecular weight is 462 g/mol. The van der Waals surface area contributed by atoms with Crippen molar-refractivity contribution in [3.8, 4) is 11.3 Å². The zero-order chi connectivity index (χ0) is 22.2. The lowest BCUT2D eigenvalue weighted by molar-refractivity contribution is -0.121. The maximum Gasteiger partial charge on any atom is 0.220 e. The van der Waals surface area contributed by atoms with Gasteiger partial charge in [0.05, 0.1) is 6.20 Å². The van der Waals surface area contributed by atoms with Crippen molar-refractivity contribution in [2.24, 2.45) is 5.92 Å². The van der Waals surface area contributed by atoms with Crippen LogP contribution in [0.5, 0.6) is 0 Å². The van der Waals surface area contributed by atoms with Crippen LogP contribution in [0.2, 0.25) is 5.02 Å². The summed E-state index contributed by atoms with van der Waals surface area (Å²) in [6.45, 7) is 5.86. The summed E-state index contributed by atoms with van der Waals surface area (Å²) in [4.78, 5) is 16.4. The molecule has 0 aliphatic rings. The molecule has 0 spiro atoms. The van der Waals surface area contributed by atoms with Crippen LogP contribution in [0, 0.1) is 5.92 Å². The highest BCUT2D eigenvalue weighted by molar-refractivity contribution is 7.98. The summed E-state index contributed by atoms with van der Waals surface area (Å²) < 4.78 is 7.93. The fraction of sp³-hybridized carbons (Fsp3) is 0.455. The molecule has 2 aromatic heterocycles. The second-order valence-corrected chi connectivity index (χ2v) is 8.90. The number of thioether (sulfide) groups is 1. The second kappa shape index (κ2) is 11.3. The summed E-state index contributed by atoms with van der Waals surface area (Å²) in [6.07, 6.45) is 6.07. The molecule has 31 heavy (non-hydrogen) atoms. The molecule has 0 unspecified atom stereocenters. The van der Waals surface area contributed by atoms with E-state index in [1.54, 1.807) is 30.1 Å². The van der Waals surface area contributed by atoms with E-state index < -0.39 is 0 Å². The molecule has 3 rings (SSSR count). The lowest BCUT2D eigenvalue weighted by atomic mass is 10.2. The maximum absolute atomic E-state index is 12.2. The summed E-state index contributed by atoms with van der Waals surface area (Å²) >= 11 is 7.52. The number of rotatable bonds is 11. The van der Waals surface area contributed by atoms with Crippen molar-refractivity contribution in [3.63, 3.8) is 0 Å². The van der Waals surface area contributed by atoms with Crippen molar-refractivity contribution in [1.29, 1.82) is 0 Å². The van der Waals surface area contributed by atoms with Crippen molar-refractivity contribution < 1.29 is 9.21 Å². The van der Waals surface area contributed by atoms with E-state index in [4.69, 9.17) is 16.0 Å². The Bertz CT molecular complexity index is 984. The first-order valence-electron chi connectivity index (χ1n) is 10.4. The van der Waals surface area contributed by atoms with Crippen LogP contribution in [0.4, 0.5) is 0 Å². The average Bonchev–Trinajstić information content (AvgIpc) is 3.37. The summed E-state index contributed by atoms with van der Waals surface area (Å²) in [5.41, 5.74) is 0.905. The van der Waals surface area contributed by atoms with E-state index in [1.807, 2.05) is 18.4 Å². The van der Waals surface area contributed by atoms with E-state index in [2.05, 4.69) is 38.9 Å². The van der Waals surface area contributed by atoms with Crippen molar-refractivity contribution in [1.82, 2.24) is 25.1 Å². The molecule has 0 radical (unpaired) electrons. The first-order valence-corrected chi connectivity index (χ1v) is 12.0. The van der Waals surface area contributed by atoms with Crippen LogP contribution in [0.15, 0.2) is 40.0 Å². The van der Waals surface area contributed by atoms with Crippen LogP contribution in [-0.4, -0.2) is 38.5 Å². The van der Waals surface area contributed by atoms with E-state index >= 15 is 0 Å². The summed E-state index contributed by atoms with van der Waals surface area (Å²) in [7, 11) is 0. The van der Waals surface area contributed by atoms with Crippen molar-refractivity contribution >= 4 is 29.3 Å². The minimum Gasteiger partial charge on any atom is -0.441 e. The van der Waals surface area contributed by atoms with Crippen LogP contribution >= 0.6 is 23.4 Å². The van der Waals surface area contributed by atoms with Crippen molar-refractivity contribution in [3.05, 3.63) is 47.2 Å². The monoisotopic (exact) mass is 461 g/mol. The highest BCUT2D eigenvalue weighted by Gasteiger charge is 2.13. The summed E-state index contributed by atoms with van der Waals surface area (Å²) in [5, 5.41) is 13.1. The first kappa shape index (κ1) is 23.3. The molecule has 3 aromatic rings. The molecule has 2 heterocycles. The Balaban J connectivity index is 1.40. The van der Waals surface area contributed by atoms with Gasteiger partial charge in [-0.1, -0.05) is 37.2 Å². The van der Waals surface area contributed by atoms with Gasteiger partial charge in [-0.2, -0.15) is 0 Å². The molecule has 1 N–H and O–H groups in total. The molecule has 0 bridgehead atoms. The van der Waals surface area contributed by atoms with E-state index in [9.17, 15) is 4.79 Å². The van der Waals surface area contributed by atoms with Gasteiger partial charge in [-0.05, 0) is 42.9 Å². The van der Waals surface area contributed by atoms with Gasteiger partial charge in [0.1, 0.15) is 5.82 Å². The Morgan fingerprint density at radius 3 is 2.71 bits per heavy atom. The van der Waals surface area contributed by atoms with E-state index in [1.165, 1.54) is 0 Å². The number of carbonyl (C=O) groups excluding carboxylic acids is 1. The highest BCUT2D eigenvalue weighted by Crippen LogP contribution is 2.22. The molecule has 0 fully saturated rings. The van der Waals surface area contributed by atoms with E-state index in [-0.39, 0.29) is 5.91 Å². The number of hydrogen-bond donors (Lipinski definition) is 1. The van der Waals surface area contributed by atoms with Crippen molar-refractivity contribution in [2.75, 3.05) is 12.8 Å². The number of carbonyl (C=O) groups is 1. The van der Waals surface area contributed by atoms with Gasteiger partial charge >= 0.3 is 0 Å². The van der Waals surface area contributed by atoms with Gasteiger partial charge in [-0.3, -0.25) is 4.79 Å². The molecule has 1 amide bonds. The van der Waals surface area contributed by atoms with E-state index in [0.29, 0.717) is 42.0 Å². The molecular weight excluding hydrogens is 434 g/mol. The number of oxazole rings is 1. The number of aryl methyl sites for hydroxylation is 2. The number of nitrogens with one attached hydrogen (secondary N) is 1. The standard InChI is InChI=1S/C22H28ClN5O2S/c1-15(2)14-28-19(26-27-22(28)31-3)5-4-12-24-20(29)10-11-21-25-13-18(30-21)16-6-8-17(23)9-7-16/h6-9,13,15H,4-5,10-12,14H2,1-3H3,(H,24,29). The number of amides is 1. The van der Waals surface area contributed by atoms with Crippen molar-refractivity contribution in [2.45, 2.75) is 51.2 Å². The van der Waals surface area contributed by atoms with Gasteiger partial charge in [-0.15, -0.1) is 10.2 Å². The molecule has 1 aromatic carbocycles. The fourth-order valence-electron chi connectivity index (χ4n) is 3.16. The van der Waals surface area contributed by atoms with Crippen LogP contribution < -0.4 is 5.32 Å². The quantitative estimate of drug-likeness (QED) is 0.330. The van der Waals surface area contributed by atoms with Gasteiger partial charge in [-0.25, -0.2) is 4.98 Å². The molecule has 166 valence electrons. The lowest BCUT2D eigenvalue weighted by Gasteiger charge is -2.11. The predicted molar refractivity (Wildman–Crippen MR) is 123 cm³/mol. The highest BCUT2D eigenvalue weighted by atomic mass is 35.5. The molecule has 0 saturated carbocycles. The molecule has 7 nitrogen and oxygen atoms in total. The molecule has 0 aliphatic heterocycles. The third kappa shape index (κ3) is 6.83. The number of hydrogen-bond acceptors (Lipinski definition) is 6. The number of nitrogens with zero attached hydrogens (tertiary/aromatic N) is 4. The van der Waals surface area contributed by atoms with Gasteiger partial charge < -0.3 is 14.3 Å². The Morgan fingerprint density at radius 2 is 2.00 bits per heavy atom. The SMILES string of the molecule is CSc1nnc(CCCNC(=O)CCc2ncc(-c3ccc(Cl)cc3)o2)n1CC(C)C. The van der Waals surface area contributed by atoms with Gasteiger partial charge in [0, 0.05) is 42.9 Å². The molecule has 0 atom stereocenters. The second-order valence-electron chi connectivity index (χ2n) is 7.69. The van der Waals surface area contributed by atoms with Crippen LogP contribution in [-0.2, 0) is 24.2 Å². The Labute approximate surface area is 192 Å². The molecule has 0 saturated heterocycles. The Kier molecular flexibility index (Phi) is 8.54. The van der Waals surface area contributed by atoms with Gasteiger partial charge in [0.25, 0.3) is 0 Å². The third-order valence-electron chi connectivity index (χ3n) is 4.67. The van der Waals surface area contributed by atoms with Crippen LogP contribution in [0.1, 0.15) is 38.4 Å².